The van der Waals surface area contributed by atoms with Crippen LogP contribution >= 0.6 is 0 Å². The molecule has 0 aliphatic carbocycles. The van der Waals surface area contributed by atoms with Crippen LogP contribution in [-0.4, -0.2) is 24.2 Å². The number of carboxylic acids is 1. The molecule has 0 amide bonds. The van der Waals surface area contributed by atoms with Gasteiger partial charge in [-0.25, -0.2) is 0 Å². The van der Waals surface area contributed by atoms with Gasteiger partial charge in [0.25, 0.3) is 0 Å². The fraction of sp³-hybridized carbons (Fsp3) is 0.417. The van der Waals surface area contributed by atoms with Gasteiger partial charge in [-0.1, -0.05) is 12.1 Å². The van der Waals surface area contributed by atoms with Crippen molar-refractivity contribution < 1.29 is 9.90 Å². The molecular weight excluding hydrogens is 190 g/mol. The summed E-state index contributed by atoms with van der Waals surface area (Å²) in [6, 6.07) is 8.06. The molecule has 15 heavy (non-hydrogen) atoms. The normalized spacial score (nSPS) is 12.2. The smallest absolute Gasteiger partial charge is 0.305 e. The molecule has 1 atom stereocenters. The molecule has 3 heteroatoms. The summed E-state index contributed by atoms with van der Waals surface area (Å²) in [6.07, 6.45) is 0.157. The topological polar surface area (TPSA) is 40.5 Å². The van der Waals surface area contributed by atoms with E-state index in [4.69, 9.17) is 5.11 Å². The number of aliphatic carboxylic acids is 1. The van der Waals surface area contributed by atoms with Gasteiger partial charge in [-0.15, -0.1) is 0 Å². The van der Waals surface area contributed by atoms with Crippen molar-refractivity contribution in [2.75, 3.05) is 11.9 Å². The molecule has 3 nitrogen and oxygen atoms in total. The van der Waals surface area contributed by atoms with Crippen LogP contribution in [0.1, 0.15) is 18.9 Å². The first-order valence-electron chi connectivity index (χ1n) is 5.02. The summed E-state index contributed by atoms with van der Waals surface area (Å²) in [6.45, 7) is 3.94. The van der Waals surface area contributed by atoms with Crippen molar-refractivity contribution in [3.63, 3.8) is 0 Å². The van der Waals surface area contributed by atoms with E-state index in [1.165, 1.54) is 5.56 Å². The average molecular weight is 207 g/mol. The lowest BCUT2D eigenvalue weighted by atomic mass is 10.1. The summed E-state index contributed by atoms with van der Waals surface area (Å²) in [4.78, 5) is 12.6. The molecule has 0 radical (unpaired) electrons. The maximum Gasteiger partial charge on any atom is 0.305 e. The highest BCUT2D eigenvalue weighted by Gasteiger charge is 2.13. The Morgan fingerprint density at radius 2 is 2.20 bits per heavy atom. The number of rotatable bonds is 4. The Balaban J connectivity index is 2.75. The van der Waals surface area contributed by atoms with E-state index in [9.17, 15) is 4.79 Å². The van der Waals surface area contributed by atoms with Crippen LogP contribution in [0.25, 0.3) is 0 Å². The first-order chi connectivity index (χ1) is 7.00. The summed E-state index contributed by atoms with van der Waals surface area (Å²) in [5, 5.41) is 8.71. The number of nitrogens with zero attached hydrogens (tertiary/aromatic N) is 1. The predicted molar refractivity (Wildman–Crippen MR) is 61.3 cm³/mol. The highest BCUT2D eigenvalue weighted by molar-refractivity contribution is 5.68. The van der Waals surface area contributed by atoms with Crippen LogP contribution in [0, 0.1) is 6.92 Å². The number of carbonyl (C=O) groups is 1. The molecule has 0 bridgehead atoms. The molecule has 0 heterocycles. The summed E-state index contributed by atoms with van der Waals surface area (Å²) in [7, 11) is 1.92. The van der Waals surface area contributed by atoms with Crippen LogP contribution in [0.4, 0.5) is 5.69 Å². The van der Waals surface area contributed by atoms with Gasteiger partial charge < -0.3 is 10.0 Å². The Morgan fingerprint density at radius 1 is 1.53 bits per heavy atom. The third kappa shape index (κ3) is 3.27. The van der Waals surface area contributed by atoms with Gasteiger partial charge in [0.2, 0.25) is 0 Å². The fourth-order valence-electron chi connectivity index (χ4n) is 1.49. The molecule has 0 aliphatic rings. The molecular formula is C12H17NO2. The van der Waals surface area contributed by atoms with E-state index in [1.807, 2.05) is 44.0 Å². The minimum atomic E-state index is -0.762. The second kappa shape index (κ2) is 4.82. The van der Waals surface area contributed by atoms with E-state index >= 15 is 0 Å². The zero-order chi connectivity index (χ0) is 11.4. The number of hydrogen-bond acceptors (Lipinski definition) is 2. The van der Waals surface area contributed by atoms with Gasteiger partial charge in [0, 0.05) is 18.8 Å². The van der Waals surface area contributed by atoms with Crippen molar-refractivity contribution in [3.8, 4) is 0 Å². The fourth-order valence-corrected chi connectivity index (χ4v) is 1.49. The third-order valence-electron chi connectivity index (χ3n) is 2.54. The summed E-state index contributed by atoms with van der Waals surface area (Å²) in [5.41, 5.74) is 2.24. The Kier molecular flexibility index (Phi) is 3.72. The molecule has 0 spiro atoms. The monoisotopic (exact) mass is 207 g/mol. The van der Waals surface area contributed by atoms with Crippen LogP contribution in [0.5, 0.6) is 0 Å². The molecule has 0 aliphatic heterocycles. The van der Waals surface area contributed by atoms with Crippen LogP contribution in [0.15, 0.2) is 24.3 Å². The van der Waals surface area contributed by atoms with Crippen molar-refractivity contribution in [1.82, 2.24) is 0 Å². The maximum atomic E-state index is 10.6. The first kappa shape index (κ1) is 11.6. The summed E-state index contributed by atoms with van der Waals surface area (Å²) in [5.74, 6) is -0.762. The summed E-state index contributed by atoms with van der Waals surface area (Å²) < 4.78 is 0. The third-order valence-corrected chi connectivity index (χ3v) is 2.54. The van der Waals surface area contributed by atoms with Gasteiger partial charge >= 0.3 is 5.97 Å². The highest BCUT2D eigenvalue weighted by Crippen LogP contribution is 2.17. The largest absolute Gasteiger partial charge is 0.481 e. The number of benzene rings is 1. The van der Waals surface area contributed by atoms with Crippen LogP contribution < -0.4 is 4.90 Å². The van der Waals surface area contributed by atoms with Gasteiger partial charge in [0.05, 0.1) is 6.42 Å². The van der Waals surface area contributed by atoms with Crippen molar-refractivity contribution in [1.29, 1.82) is 0 Å². The number of hydrogen-bond donors (Lipinski definition) is 1. The Labute approximate surface area is 90.3 Å². The lowest BCUT2D eigenvalue weighted by Gasteiger charge is -2.26. The quantitative estimate of drug-likeness (QED) is 0.823. The SMILES string of the molecule is Cc1cccc(N(C)C(C)CC(=O)O)c1. The van der Waals surface area contributed by atoms with Gasteiger partial charge in [0.15, 0.2) is 0 Å². The second-order valence-electron chi connectivity index (χ2n) is 3.90. The van der Waals surface area contributed by atoms with Crippen LogP contribution in [0.3, 0.4) is 0 Å². The van der Waals surface area contributed by atoms with E-state index < -0.39 is 5.97 Å². The molecule has 0 fully saturated rings. The van der Waals surface area contributed by atoms with Gasteiger partial charge in [-0.05, 0) is 31.5 Å². The maximum absolute atomic E-state index is 10.6. The van der Waals surface area contributed by atoms with E-state index in [-0.39, 0.29) is 12.5 Å². The number of carboxylic acid groups (broad SMARTS) is 1. The van der Waals surface area contributed by atoms with Crippen LogP contribution in [0.2, 0.25) is 0 Å². The first-order valence-corrected chi connectivity index (χ1v) is 5.02. The number of anilines is 1. The zero-order valence-electron chi connectivity index (χ0n) is 9.40. The van der Waals surface area contributed by atoms with Crippen LogP contribution in [-0.2, 0) is 4.79 Å². The molecule has 0 aromatic heterocycles. The molecule has 1 rings (SSSR count). The van der Waals surface area contributed by atoms with Crippen molar-refractivity contribution in [2.45, 2.75) is 26.3 Å². The van der Waals surface area contributed by atoms with Gasteiger partial charge in [-0.3, -0.25) is 4.79 Å². The Hall–Kier alpha value is -1.51. The lowest BCUT2D eigenvalue weighted by molar-refractivity contribution is -0.137. The molecule has 1 aromatic carbocycles. The molecule has 82 valence electrons. The van der Waals surface area contributed by atoms with E-state index in [0.717, 1.165) is 5.69 Å². The minimum absolute atomic E-state index is 0.00398. The van der Waals surface area contributed by atoms with Gasteiger partial charge in [0.1, 0.15) is 0 Å². The average Bonchev–Trinajstić information content (AvgIpc) is 2.15. The molecule has 1 N–H and O–H groups in total. The van der Waals surface area contributed by atoms with E-state index in [0.29, 0.717) is 0 Å². The Bertz CT molecular complexity index is 349. The molecule has 1 aromatic rings. The summed E-state index contributed by atoms with van der Waals surface area (Å²) >= 11 is 0. The lowest BCUT2D eigenvalue weighted by Crippen LogP contribution is -2.30. The minimum Gasteiger partial charge on any atom is -0.481 e. The predicted octanol–water partition coefficient (Wildman–Crippen LogP) is 2.29. The molecule has 0 saturated carbocycles. The zero-order valence-corrected chi connectivity index (χ0v) is 9.40. The van der Waals surface area contributed by atoms with Gasteiger partial charge in [-0.2, -0.15) is 0 Å². The van der Waals surface area contributed by atoms with E-state index in [1.54, 1.807) is 0 Å². The second-order valence-corrected chi connectivity index (χ2v) is 3.90. The highest BCUT2D eigenvalue weighted by atomic mass is 16.4. The van der Waals surface area contributed by atoms with E-state index in [2.05, 4.69) is 6.07 Å². The van der Waals surface area contributed by atoms with Crippen molar-refractivity contribution in [3.05, 3.63) is 29.8 Å². The van der Waals surface area contributed by atoms with Crippen molar-refractivity contribution in [2.24, 2.45) is 0 Å². The molecule has 0 saturated heterocycles. The Morgan fingerprint density at radius 3 is 2.73 bits per heavy atom. The number of aryl methyl sites for hydroxylation is 1. The van der Waals surface area contributed by atoms with Crippen molar-refractivity contribution >= 4 is 11.7 Å². The molecule has 1 unspecified atom stereocenters. The standard InChI is InChI=1S/C12H17NO2/c1-9-5-4-6-11(7-9)13(3)10(2)8-12(14)15/h4-7,10H,8H2,1-3H3,(H,14,15).